The van der Waals surface area contributed by atoms with Crippen LogP contribution in [0.2, 0.25) is 0 Å². The molecule has 476 valence electrons. The summed E-state index contributed by atoms with van der Waals surface area (Å²) < 4.78 is 57.1. The minimum atomic E-state index is -5.79. The van der Waals surface area contributed by atoms with Crippen LogP contribution in [0.1, 0.15) is 116 Å². The van der Waals surface area contributed by atoms with Gasteiger partial charge in [-0.05, 0) is 110 Å². The van der Waals surface area contributed by atoms with Crippen LogP contribution in [0.3, 0.4) is 0 Å². The molecule has 2 aromatic heterocycles. The van der Waals surface area contributed by atoms with Gasteiger partial charge in [-0.25, -0.2) is 18.5 Å². The van der Waals surface area contributed by atoms with Gasteiger partial charge in [0.25, 0.3) is 11.5 Å². The van der Waals surface area contributed by atoms with Crippen molar-refractivity contribution in [3.05, 3.63) is 208 Å². The van der Waals surface area contributed by atoms with E-state index in [9.17, 15) is 43.0 Å². The van der Waals surface area contributed by atoms with Gasteiger partial charge in [-0.1, -0.05) is 117 Å². The lowest BCUT2D eigenvalue weighted by molar-refractivity contribution is -0.356. The van der Waals surface area contributed by atoms with E-state index in [1.54, 1.807) is 16.9 Å². The number of aryl methyl sites for hydroxylation is 2. The number of aliphatic hydroxyl groups is 1. The number of anilines is 1. The Balaban J connectivity index is 0.812. The van der Waals surface area contributed by atoms with Crippen LogP contribution in [0.5, 0.6) is 0 Å². The molecule has 1 amide bonds. The number of rotatable bonds is 23. The molecule has 0 radical (unpaired) electrons. The number of amides is 1. The van der Waals surface area contributed by atoms with Crippen LogP contribution in [0.25, 0.3) is 0 Å². The number of allylic oxidation sites excluding steroid dienone is 7. The van der Waals surface area contributed by atoms with Crippen molar-refractivity contribution >= 4 is 78.3 Å². The third kappa shape index (κ3) is 16.4. The molecule has 0 bridgehead atoms. The monoisotopic (exact) mass is 1420 g/mol. The Bertz CT molecular complexity index is 4150. The van der Waals surface area contributed by atoms with E-state index in [4.69, 9.17) is 14.5 Å². The summed E-state index contributed by atoms with van der Waals surface area (Å²) in [4.78, 5) is 83.9. The molecule has 29 heteroatoms. The van der Waals surface area contributed by atoms with Crippen molar-refractivity contribution in [1.29, 1.82) is 0 Å². The highest BCUT2D eigenvalue weighted by molar-refractivity contribution is 9.11. The number of nitrogens with one attached hydrogen (secondary N) is 3. The van der Waals surface area contributed by atoms with Crippen molar-refractivity contribution in [2.24, 2.45) is 0 Å². The highest BCUT2D eigenvalue weighted by atomic mass is 79.9. The van der Waals surface area contributed by atoms with E-state index in [2.05, 4.69) is 206 Å². The number of hydrogen-bond acceptors (Lipinski definition) is 15. The smallest absolute Gasteiger partial charge is 0.390 e. The average molecular weight is 1420 g/mol. The lowest BCUT2D eigenvalue weighted by Crippen LogP contribution is -2.33. The van der Waals surface area contributed by atoms with E-state index >= 15 is 0 Å². The standard InChI is InChI=1S/C61H68Br2N9O15P3/c1-40-21-24-50-48(33-40)61(4,5)54(71(50)31-28-63)26-23-43-16-12-15-42(22-25-53-60(2,3)47-19-9-10-20-49(47)70(53)30-27-62)56(43)65-36-41-13-11-17-44(34-41)57(74)64-29-32-69-38-46(67-68-69)18-8-6-7-14-45-37-72(59(76)66-58(45)75)55-35-51(73)52(85-55)39-84-89(80,81)87-90(82,83)86-88(77,78)79/h9-11,13,17,19-28,30-31,33-34,37-38,51-52,55,73H,6,8,12,15-16,18,29,32,35-36,39H2,1-5H3,(H6,64,66,74,75,76,77,78,79,80,81,82,83)/p+1/b30-27+,31-28+,42-22+,53-25+/t51-,52-,55?/m1/s1. The number of aromatic amines is 1. The van der Waals surface area contributed by atoms with Gasteiger partial charge in [0.15, 0.2) is 11.9 Å². The second-order valence-corrected chi connectivity index (χ2v) is 28.2. The van der Waals surface area contributed by atoms with Gasteiger partial charge < -0.3 is 45.0 Å². The molecule has 5 atom stereocenters. The van der Waals surface area contributed by atoms with Gasteiger partial charge in [0.1, 0.15) is 17.9 Å². The Morgan fingerprint density at radius 3 is 2.49 bits per heavy atom. The summed E-state index contributed by atoms with van der Waals surface area (Å²) in [6, 6.07) is 22.7. The summed E-state index contributed by atoms with van der Waals surface area (Å²) in [5, 5.41) is 25.9. The summed E-state index contributed by atoms with van der Waals surface area (Å²) in [7, 11) is -16.9. The number of carbonyl (C=O) groups is 1. The number of aromatic nitrogens is 5. The predicted octanol–water partition coefficient (Wildman–Crippen LogP) is 9.73. The zero-order chi connectivity index (χ0) is 64.8. The molecule has 90 heavy (non-hydrogen) atoms. The first-order valence-electron chi connectivity index (χ1n) is 28.7. The Labute approximate surface area is 536 Å². The number of unbranched alkanes of at least 4 members (excludes halogenated alkanes) is 1. The molecule has 0 saturated carbocycles. The molecule has 8 N–H and O–H groups in total. The van der Waals surface area contributed by atoms with Gasteiger partial charge in [0, 0.05) is 95.3 Å². The SMILES string of the molecule is Cc1ccc2c(c1)C(C)(C)C(/C=C/C1=C(NCc3cccc(C(=O)NCCn4cc(CCCC#Cc5cn(C6C[C@@H](O)[C@@H](COP(=O)(O)OP(=O)(O)OP(=O)(O)O)O6)c(=O)[nH]c5=O)nn4)c3)C(=C/C=C3/N(/C=C/Br)c4ccccc4C3(C)C)/CCC1)=[N+]2/C=C/Br. The second-order valence-electron chi connectivity index (χ2n) is 22.8. The first-order valence-corrected chi connectivity index (χ1v) is 35.0. The highest BCUT2D eigenvalue weighted by Gasteiger charge is 2.45. The average Bonchev–Trinajstić information content (AvgIpc) is 1.61. The lowest BCUT2D eigenvalue weighted by atomic mass is 9.80. The Morgan fingerprint density at radius 1 is 0.933 bits per heavy atom. The molecule has 1 fully saturated rings. The summed E-state index contributed by atoms with van der Waals surface area (Å²) in [5.74, 6) is 5.38. The van der Waals surface area contributed by atoms with E-state index in [-0.39, 0.29) is 35.3 Å². The number of para-hydroxylation sites is 1. The summed E-state index contributed by atoms with van der Waals surface area (Å²) in [6.45, 7) is 11.3. The van der Waals surface area contributed by atoms with Crippen LogP contribution in [0.4, 0.5) is 11.4 Å². The van der Waals surface area contributed by atoms with Gasteiger partial charge in [0.05, 0.1) is 30.4 Å². The third-order valence-electron chi connectivity index (χ3n) is 15.7. The molecule has 9 rings (SSSR count). The quantitative estimate of drug-likeness (QED) is 0.0130. The second kappa shape index (κ2) is 28.6. The fourth-order valence-corrected chi connectivity index (χ4v) is 14.8. The van der Waals surface area contributed by atoms with Crippen LogP contribution in [0.15, 0.2) is 158 Å². The number of aliphatic hydroxyl groups excluding tert-OH is 1. The van der Waals surface area contributed by atoms with Crippen molar-refractivity contribution in [1.82, 2.24) is 35.2 Å². The molecule has 1 aliphatic carbocycles. The number of phosphoric ester groups is 1. The predicted molar refractivity (Wildman–Crippen MR) is 345 cm³/mol. The number of phosphoric acid groups is 3. The van der Waals surface area contributed by atoms with Crippen LogP contribution in [0, 0.1) is 18.8 Å². The van der Waals surface area contributed by atoms with Crippen LogP contribution >= 0.6 is 55.3 Å². The zero-order valence-corrected chi connectivity index (χ0v) is 55.6. The summed E-state index contributed by atoms with van der Waals surface area (Å²) in [5.41, 5.74) is 11.6. The fourth-order valence-electron chi connectivity index (χ4n) is 11.3. The van der Waals surface area contributed by atoms with Crippen molar-refractivity contribution in [2.75, 3.05) is 18.1 Å². The number of halogens is 2. The first-order chi connectivity index (χ1) is 42.7. The number of nitrogens with zero attached hydrogens (tertiary/aromatic N) is 6. The topological polar surface area (TPSA) is 322 Å². The van der Waals surface area contributed by atoms with Gasteiger partial charge in [-0.15, -0.1) is 5.10 Å². The molecular formula is C61H69Br2N9O15P3+. The minimum Gasteiger partial charge on any atom is -0.390 e. The third-order valence-corrected chi connectivity index (χ3v) is 20.0. The first kappa shape index (κ1) is 67.9. The van der Waals surface area contributed by atoms with Crippen LogP contribution < -0.4 is 26.8 Å². The number of H-pyrrole nitrogens is 1. The maximum Gasteiger partial charge on any atom is 0.490 e. The van der Waals surface area contributed by atoms with Gasteiger partial charge >= 0.3 is 29.2 Å². The number of fused-ring (bicyclic) bond motifs is 2. The molecule has 5 heterocycles. The van der Waals surface area contributed by atoms with Gasteiger partial charge in [0.2, 0.25) is 5.69 Å². The maximum atomic E-state index is 13.7. The van der Waals surface area contributed by atoms with Crippen LogP contribution in [-0.4, -0.2) is 90.8 Å². The van der Waals surface area contributed by atoms with Crippen molar-refractivity contribution < 1.29 is 65.6 Å². The van der Waals surface area contributed by atoms with Crippen molar-refractivity contribution in [3.8, 4) is 11.8 Å². The fraction of sp³-hybridized carbons (Fsp3) is 0.344. The van der Waals surface area contributed by atoms with E-state index in [0.29, 0.717) is 43.6 Å². The zero-order valence-electron chi connectivity index (χ0n) is 49.7. The largest absolute Gasteiger partial charge is 0.490 e. The molecule has 1 saturated heterocycles. The summed E-state index contributed by atoms with van der Waals surface area (Å²) in [6.07, 6.45) is 15.8. The molecule has 5 aromatic rings. The Kier molecular flexibility index (Phi) is 21.6. The lowest BCUT2D eigenvalue weighted by Gasteiger charge is -2.26. The maximum absolute atomic E-state index is 13.7. The van der Waals surface area contributed by atoms with E-state index in [0.717, 1.165) is 64.1 Å². The Hall–Kier alpha value is -6.49. The molecule has 3 aromatic carbocycles. The van der Waals surface area contributed by atoms with Crippen LogP contribution in [-0.2, 0) is 61.9 Å². The van der Waals surface area contributed by atoms with E-state index in [1.807, 2.05) is 28.2 Å². The number of hydrogen-bond donors (Lipinski definition) is 8. The highest BCUT2D eigenvalue weighted by Crippen LogP contribution is 2.66. The molecule has 24 nitrogen and oxygen atoms in total. The van der Waals surface area contributed by atoms with Crippen molar-refractivity contribution in [3.63, 3.8) is 0 Å². The Morgan fingerprint density at radius 2 is 1.72 bits per heavy atom. The molecule has 3 unspecified atom stereocenters. The number of carbonyl (C=O) groups excluding carboxylic acids is 1. The van der Waals surface area contributed by atoms with E-state index < -0.39 is 59.8 Å². The molecular weight excluding hydrogens is 1350 g/mol. The molecule has 3 aliphatic heterocycles. The van der Waals surface area contributed by atoms with Crippen molar-refractivity contribution in [2.45, 2.75) is 122 Å². The number of benzene rings is 3. The van der Waals surface area contributed by atoms with E-state index in [1.165, 1.54) is 27.8 Å². The minimum absolute atomic E-state index is 0.112. The van der Waals surface area contributed by atoms with Gasteiger partial charge in [-0.2, -0.15) is 13.2 Å². The van der Waals surface area contributed by atoms with Gasteiger partial charge in [-0.3, -0.25) is 28.3 Å². The molecule has 0 spiro atoms. The normalized spacial score (nSPS) is 21.1. The number of ether oxygens (including phenoxy) is 1. The summed E-state index contributed by atoms with van der Waals surface area (Å²) >= 11 is 7.09. The molecule has 4 aliphatic rings.